The van der Waals surface area contributed by atoms with Crippen molar-refractivity contribution in [3.63, 3.8) is 0 Å². The molecule has 2 aromatic carbocycles. The smallest absolute Gasteiger partial charge is 0.255 e. The fraction of sp³-hybridized carbons (Fsp3) is 0.0909. The van der Waals surface area contributed by atoms with Gasteiger partial charge in [0.25, 0.3) is 11.8 Å². The third kappa shape index (κ3) is 4.14. The molecule has 2 amide bonds. The highest BCUT2D eigenvalue weighted by atomic mass is 32.1. The number of para-hydroxylation sites is 2. The van der Waals surface area contributed by atoms with E-state index >= 15 is 0 Å². The molecule has 0 atom stereocenters. The molecule has 2 N–H and O–H groups in total. The Bertz CT molecular complexity index is 1150. The molecule has 0 aliphatic carbocycles. The number of rotatable bonds is 5. The summed E-state index contributed by atoms with van der Waals surface area (Å²) < 4.78 is 1.08. The van der Waals surface area contributed by atoms with Gasteiger partial charge < -0.3 is 10.6 Å². The van der Waals surface area contributed by atoms with Crippen molar-refractivity contribution in [1.29, 1.82) is 0 Å². The highest BCUT2D eigenvalue weighted by Gasteiger charge is 2.16. The van der Waals surface area contributed by atoms with Gasteiger partial charge in [0, 0.05) is 18.0 Å². The van der Waals surface area contributed by atoms with Crippen molar-refractivity contribution in [3.05, 3.63) is 88.7 Å². The quantitative estimate of drug-likeness (QED) is 0.524. The van der Waals surface area contributed by atoms with Crippen LogP contribution < -0.4 is 10.6 Å². The minimum absolute atomic E-state index is 0.266. The van der Waals surface area contributed by atoms with Crippen LogP contribution in [0.2, 0.25) is 0 Å². The van der Waals surface area contributed by atoms with Crippen molar-refractivity contribution in [2.75, 3.05) is 5.32 Å². The van der Waals surface area contributed by atoms with E-state index in [1.807, 2.05) is 37.3 Å². The first-order chi connectivity index (χ1) is 14.1. The lowest BCUT2D eigenvalue weighted by atomic mass is 10.1. The standard InChI is InChI=1S/C22H18N4O2S/c1-14-5-4-6-16(20(14)26-21(27)15-9-11-23-12-10-15)22(28)24-13-19-25-17-7-2-3-8-18(17)29-19/h2-12H,13H2,1H3,(H,24,28)(H,26,27). The molecule has 0 bridgehead atoms. The first-order valence-electron chi connectivity index (χ1n) is 9.05. The van der Waals surface area contributed by atoms with Crippen LogP contribution in [0.3, 0.4) is 0 Å². The van der Waals surface area contributed by atoms with Gasteiger partial charge in [0.2, 0.25) is 0 Å². The van der Waals surface area contributed by atoms with Crippen LogP contribution in [-0.4, -0.2) is 21.8 Å². The number of carbonyl (C=O) groups is 2. The number of aryl methyl sites for hydroxylation is 1. The lowest BCUT2D eigenvalue weighted by Gasteiger charge is -2.14. The van der Waals surface area contributed by atoms with Gasteiger partial charge in [0.05, 0.1) is 28.0 Å². The second kappa shape index (κ2) is 8.20. The third-order valence-electron chi connectivity index (χ3n) is 4.44. The Balaban J connectivity index is 1.52. The van der Waals surface area contributed by atoms with E-state index in [0.717, 1.165) is 20.8 Å². The fourth-order valence-electron chi connectivity index (χ4n) is 2.96. The Morgan fingerprint density at radius 1 is 0.966 bits per heavy atom. The molecular formula is C22H18N4O2S. The second-order valence-corrected chi connectivity index (χ2v) is 7.56. The molecule has 4 rings (SSSR count). The zero-order valence-corrected chi connectivity index (χ0v) is 16.5. The highest BCUT2D eigenvalue weighted by molar-refractivity contribution is 7.18. The van der Waals surface area contributed by atoms with Gasteiger partial charge >= 0.3 is 0 Å². The molecular weight excluding hydrogens is 384 g/mol. The van der Waals surface area contributed by atoms with Gasteiger partial charge in [-0.1, -0.05) is 24.3 Å². The molecule has 2 aromatic heterocycles. The maximum Gasteiger partial charge on any atom is 0.255 e. The molecule has 0 aliphatic heterocycles. The third-order valence-corrected chi connectivity index (χ3v) is 5.47. The molecule has 0 aliphatic rings. The van der Waals surface area contributed by atoms with Crippen molar-refractivity contribution < 1.29 is 9.59 Å². The lowest BCUT2D eigenvalue weighted by molar-refractivity contribution is 0.0951. The van der Waals surface area contributed by atoms with Gasteiger partial charge in [-0.2, -0.15) is 0 Å². The number of benzene rings is 2. The topological polar surface area (TPSA) is 84.0 Å². The fourth-order valence-corrected chi connectivity index (χ4v) is 3.87. The number of pyridine rings is 1. The number of fused-ring (bicyclic) bond motifs is 1. The summed E-state index contributed by atoms with van der Waals surface area (Å²) in [4.78, 5) is 33.8. The van der Waals surface area contributed by atoms with E-state index in [1.165, 1.54) is 0 Å². The SMILES string of the molecule is Cc1cccc(C(=O)NCc2nc3ccccc3s2)c1NC(=O)c1ccncc1. The van der Waals surface area contributed by atoms with E-state index in [2.05, 4.69) is 20.6 Å². The summed E-state index contributed by atoms with van der Waals surface area (Å²) in [5.41, 5.74) is 3.11. The van der Waals surface area contributed by atoms with Crippen LogP contribution in [0.5, 0.6) is 0 Å². The lowest BCUT2D eigenvalue weighted by Crippen LogP contribution is -2.25. The summed E-state index contributed by atoms with van der Waals surface area (Å²) in [6, 6.07) is 16.5. The second-order valence-electron chi connectivity index (χ2n) is 6.45. The van der Waals surface area contributed by atoms with Crippen molar-refractivity contribution in [3.8, 4) is 0 Å². The first-order valence-corrected chi connectivity index (χ1v) is 9.87. The summed E-state index contributed by atoms with van der Waals surface area (Å²) in [6.07, 6.45) is 3.11. The molecule has 144 valence electrons. The van der Waals surface area contributed by atoms with E-state index in [1.54, 1.807) is 48.0 Å². The molecule has 0 unspecified atom stereocenters. The number of aromatic nitrogens is 2. The predicted octanol–water partition coefficient (Wildman–Crippen LogP) is 4.18. The summed E-state index contributed by atoms with van der Waals surface area (Å²) >= 11 is 1.55. The van der Waals surface area contributed by atoms with Gasteiger partial charge in [0.1, 0.15) is 5.01 Å². The van der Waals surface area contributed by atoms with Gasteiger partial charge in [-0.15, -0.1) is 11.3 Å². The number of hydrogen-bond acceptors (Lipinski definition) is 5. The Morgan fingerprint density at radius 2 is 1.76 bits per heavy atom. The largest absolute Gasteiger partial charge is 0.345 e. The molecule has 0 saturated carbocycles. The Kier molecular flexibility index (Phi) is 5.31. The monoisotopic (exact) mass is 402 g/mol. The van der Waals surface area contributed by atoms with Crippen LogP contribution in [0.25, 0.3) is 10.2 Å². The summed E-state index contributed by atoms with van der Waals surface area (Å²) in [6.45, 7) is 2.18. The minimum atomic E-state index is -0.290. The number of carbonyl (C=O) groups excluding carboxylic acids is 2. The number of amides is 2. The molecule has 0 spiro atoms. The Labute approximate surface area is 171 Å². The van der Waals surface area contributed by atoms with Gasteiger partial charge in [0.15, 0.2) is 0 Å². The van der Waals surface area contributed by atoms with Crippen LogP contribution in [0.4, 0.5) is 5.69 Å². The van der Waals surface area contributed by atoms with Crippen LogP contribution in [0, 0.1) is 6.92 Å². The van der Waals surface area contributed by atoms with E-state index in [-0.39, 0.29) is 11.8 Å². The van der Waals surface area contributed by atoms with Crippen molar-refractivity contribution >= 4 is 39.1 Å². The number of thiazole rings is 1. The predicted molar refractivity (Wildman–Crippen MR) is 114 cm³/mol. The molecule has 29 heavy (non-hydrogen) atoms. The van der Waals surface area contributed by atoms with Gasteiger partial charge in [-0.05, 0) is 42.8 Å². The normalized spacial score (nSPS) is 10.7. The Morgan fingerprint density at radius 3 is 2.55 bits per heavy atom. The molecule has 0 radical (unpaired) electrons. The summed E-state index contributed by atoms with van der Waals surface area (Å²) in [5, 5.41) is 6.59. The van der Waals surface area contributed by atoms with E-state index in [0.29, 0.717) is 23.4 Å². The number of anilines is 1. The van der Waals surface area contributed by atoms with Crippen LogP contribution in [0.1, 0.15) is 31.3 Å². The first kappa shape index (κ1) is 18.8. The van der Waals surface area contributed by atoms with E-state index in [4.69, 9.17) is 0 Å². The van der Waals surface area contributed by atoms with Crippen LogP contribution in [0.15, 0.2) is 67.0 Å². The summed E-state index contributed by atoms with van der Waals surface area (Å²) in [7, 11) is 0. The number of hydrogen-bond donors (Lipinski definition) is 2. The number of nitrogens with zero attached hydrogens (tertiary/aromatic N) is 2. The molecule has 7 heteroatoms. The van der Waals surface area contributed by atoms with Crippen molar-refractivity contribution in [2.45, 2.75) is 13.5 Å². The van der Waals surface area contributed by atoms with E-state index in [9.17, 15) is 9.59 Å². The van der Waals surface area contributed by atoms with E-state index < -0.39 is 0 Å². The number of nitrogens with one attached hydrogen (secondary N) is 2. The van der Waals surface area contributed by atoms with Crippen LogP contribution >= 0.6 is 11.3 Å². The highest BCUT2D eigenvalue weighted by Crippen LogP contribution is 2.23. The average molecular weight is 402 g/mol. The molecule has 0 fully saturated rings. The van der Waals surface area contributed by atoms with Gasteiger partial charge in [-0.3, -0.25) is 14.6 Å². The molecule has 6 nitrogen and oxygen atoms in total. The van der Waals surface area contributed by atoms with Crippen molar-refractivity contribution in [2.24, 2.45) is 0 Å². The summed E-state index contributed by atoms with van der Waals surface area (Å²) in [5.74, 6) is -0.556. The zero-order chi connectivity index (χ0) is 20.2. The molecule has 0 saturated heterocycles. The minimum Gasteiger partial charge on any atom is -0.345 e. The van der Waals surface area contributed by atoms with Gasteiger partial charge in [-0.25, -0.2) is 4.98 Å². The molecule has 4 aromatic rings. The maximum atomic E-state index is 12.8. The average Bonchev–Trinajstić information content (AvgIpc) is 3.17. The van der Waals surface area contributed by atoms with Crippen LogP contribution in [-0.2, 0) is 6.54 Å². The van der Waals surface area contributed by atoms with Crippen molar-refractivity contribution in [1.82, 2.24) is 15.3 Å². The maximum absolute atomic E-state index is 12.8. The zero-order valence-electron chi connectivity index (χ0n) is 15.7. The molecule has 2 heterocycles. The Hall–Kier alpha value is -3.58.